The van der Waals surface area contributed by atoms with Crippen molar-refractivity contribution in [2.75, 3.05) is 19.5 Å². The van der Waals surface area contributed by atoms with Gasteiger partial charge in [-0.3, -0.25) is 14.2 Å². The average Bonchev–Trinajstić information content (AvgIpc) is 3.31. The summed E-state index contributed by atoms with van der Waals surface area (Å²) in [6.45, 7) is 0.0674. The zero-order chi connectivity index (χ0) is 20.4. The maximum absolute atomic E-state index is 12.6. The van der Waals surface area contributed by atoms with Gasteiger partial charge in [-0.25, -0.2) is 0 Å². The highest BCUT2D eigenvalue weighted by molar-refractivity contribution is 5.96. The number of aromatic nitrogens is 4. The third kappa shape index (κ3) is 3.52. The maximum Gasteiger partial charge on any atom is 0.247 e. The van der Waals surface area contributed by atoms with Crippen molar-refractivity contribution in [2.24, 2.45) is 7.05 Å². The molecular formula is C21H21N5O3. The van der Waals surface area contributed by atoms with E-state index in [9.17, 15) is 4.79 Å². The first kappa shape index (κ1) is 18.5. The number of carbonyl (C=O) groups excluding carboxylic acids is 1. The van der Waals surface area contributed by atoms with E-state index in [0.717, 1.165) is 22.2 Å². The van der Waals surface area contributed by atoms with E-state index in [1.165, 1.54) is 0 Å². The number of nitrogens with zero attached hydrogens (tertiary/aromatic N) is 4. The maximum atomic E-state index is 12.6. The Labute approximate surface area is 167 Å². The van der Waals surface area contributed by atoms with Crippen LogP contribution in [0.5, 0.6) is 11.5 Å². The number of carbonyl (C=O) groups is 1. The molecule has 2 aromatic heterocycles. The van der Waals surface area contributed by atoms with Gasteiger partial charge in [0.1, 0.15) is 29.6 Å². The third-order valence-electron chi connectivity index (χ3n) is 4.70. The molecule has 0 aliphatic carbocycles. The van der Waals surface area contributed by atoms with Gasteiger partial charge in [0.05, 0.1) is 25.9 Å². The van der Waals surface area contributed by atoms with Crippen LogP contribution in [0.4, 0.5) is 5.82 Å². The van der Waals surface area contributed by atoms with Crippen LogP contribution < -0.4 is 14.8 Å². The van der Waals surface area contributed by atoms with Crippen LogP contribution in [0.1, 0.15) is 0 Å². The molecule has 8 nitrogen and oxygen atoms in total. The number of hydrogen-bond donors (Lipinski definition) is 1. The summed E-state index contributed by atoms with van der Waals surface area (Å²) in [5.74, 6) is 1.82. The van der Waals surface area contributed by atoms with Crippen LogP contribution in [-0.2, 0) is 18.4 Å². The first-order valence-corrected chi connectivity index (χ1v) is 9.06. The van der Waals surface area contributed by atoms with E-state index in [0.29, 0.717) is 17.3 Å². The molecule has 0 saturated carbocycles. The van der Waals surface area contributed by atoms with Crippen molar-refractivity contribution < 1.29 is 14.3 Å². The van der Waals surface area contributed by atoms with Gasteiger partial charge in [0, 0.05) is 24.1 Å². The van der Waals surface area contributed by atoms with Gasteiger partial charge in [-0.2, -0.15) is 10.2 Å². The molecule has 0 atom stereocenters. The van der Waals surface area contributed by atoms with Crippen molar-refractivity contribution in [1.82, 2.24) is 19.6 Å². The molecule has 4 rings (SSSR count). The lowest BCUT2D eigenvalue weighted by Crippen LogP contribution is -2.21. The van der Waals surface area contributed by atoms with E-state index >= 15 is 0 Å². The number of ether oxygens (including phenoxy) is 2. The lowest BCUT2D eigenvalue weighted by atomic mass is 10.1. The molecule has 1 amide bonds. The molecule has 0 aliphatic rings. The van der Waals surface area contributed by atoms with Gasteiger partial charge < -0.3 is 14.8 Å². The van der Waals surface area contributed by atoms with E-state index in [1.54, 1.807) is 42.9 Å². The van der Waals surface area contributed by atoms with Crippen LogP contribution in [0.2, 0.25) is 0 Å². The van der Waals surface area contributed by atoms with Crippen LogP contribution >= 0.6 is 0 Å². The SMILES string of the molecule is COc1ccc(OC)c(-c2nn(CC(=O)Nc3ccnn3C)c3ccccc23)c1. The first-order valence-electron chi connectivity index (χ1n) is 9.06. The van der Waals surface area contributed by atoms with Crippen LogP contribution in [0, 0.1) is 0 Å². The number of anilines is 1. The van der Waals surface area contributed by atoms with Gasteiger partial charge >= 0.3 is 0 Å². The fourth-order valence-corrected chi connectivity index (χ4v) is 3.26. The number of methoxy groups -OCH3 is 2. The molecule has 0 aliphatic heterocycles. The highest BCUT2D eigenvalue weighted by Crippen LogP contribution is 2.36. The highest BCUT2D eigenvalue weighted by Gasteiger charge is 2.18. The molecule has 148 valence electrons. The number of benzene rings is 2. The van der Waals surface area contributed by atoms with Gasteiger partial charge in [0.15, 0.2) is 0 Å². The number of para-hydroxylation sites is 1. The number of hydrogen-bond acceptors (Lipinski definition) is 5. The lowest BCUT2D eigenvalue weighted by molar-refractivity contribution is -0.116. The van der Waals surface area contributed by atoms with Gasteiger partial charge in [0.2, 0.25) is 5.91 Å². The molecule has 0 bridgehead atoms. The summed E-state index contributed by atoms with van der Waals surface area (Å²) in [6.07, 6.45) is 1.63. The number of rotatable bonds is 6. The molecule has 1 N–H and O–H groups in total. The number of amides is 1. The van der Waals surface area contributed by atoms with Crippen LogP contribution in [0.3, 0.4) is 0 Å². The number of nitrogens with one attached hydrogen (secondary N) is 1. The quantitative estimate of drug-likeness (QED) is 0.546. The Bertz CT molecular complexity index is 1180. The molecule has 8 heteroatoms. The second-order valence-electron chi connectivity index (χ2n) is 6.48. The monoisotopic (exact) mass is 391 g/mol. The molecule has 2 aromatic carbocycles. The molecule has 0 radical (unpaired) electrons. The minimum absolute atomic E-state index is 0.0674. The topological polar surface area (TPSA) is 83.2 Å². The number of fused-ring (bicyclic) bond motifs is 1. The zero-order valence-electron chi connectivity index (χ0n) is 16.4. The minimum atomic E-state index is -0.189. The van der Waals surface area contributed by atoms with Crippen LogP contribution in [0.15, 0.2) is 54.7 Å². The molecule has 29 heavy (non-hydrogen) atoms. The Morgan fingerprint density at radius 2 is 1.93 bits per heavy atom. The van der Waals surface area contributed by atoms with Crippen molar-refractivity contribution in [1.29, 1.82) is 0 Å². The van der Waals surface area contributed by atoms with Crippen molar-refractivity contribution in [3.8, 4) is 22.8 Å². The van der Waals surface area contributed by atoms with Gasteiger partial charge in [-0.05, 0) is 24.3 Å². The molecule has 0 spiro atoms. The Morgan fingerprint density at radius 1 is 1.10 bits per heavy atom. The van der Waals surface area contributed by atoms with E-state index < -0.39 is 0 Å². The van der Waals surface area contributed by atoms with E-state index in [4.69, 9.17) is 14.6 Å². The van der Waals surface area contributed by atoms with E-state index in [1.807, 2.05) is 42.5 Å². The Kier molecular flexibility index (Phi) is 4.90. The lowest BCUT2D eigenvalue weighted by Gasteiger charge is -2.09. The summed E-state index contributed by atoms with van der Waals surface area (Å²) in [4.78, 5) is 12.6. The Balaban J connectivity index is 1.75. The Hall–Kier alpha value is -3.81. The molecule has 0 saturated heterocycles. The second-order valence-corrected chi connectivity index (χ2v) is 6.48. The standard InChI is InChI=1S/C21H21N5O3/c1-25-19(10-11-22-25)23-20(27)13-26-17-7-5-4-6-15(17)21(24-26)16-12-14(28-2)8-9-18(16)29-3/h4-12H,13H2,1-3H3,(H,23,27). The molecular weight excluding hydrogens is 370 g/mol. The van der Waals surface area contributed by atoms with Gasteiger partial charge in [-0.15, -0.1) is 0 Å². The van der Waals surface area contributed by atoms with Crippen molar-refractivity contribution >= 4 is 22.6 Å². The third-order valence-corrected chi connectivity index (χ3v) is 4.70. The van der Waals surface area contributed by atoms with Crippen molar-refractivity contribution in [2.45, 2.75) is 6.54 Å². The molecule has 0 unspecified atom stereocenters. The van der Waals surface area contributed by atoms with Gasteiger partial charge in [-0.1, -0.05) is 18.2 Å². The predicted octanol–water partition coefficient (Wildman–Crippen LogP) is 3.09. The fourth-order valence-electron chi connectivity index (χ4n) is 3.26. The summed E-state index contributed by atoms with van der Waals surface area (Å²) in [6, 6.07) is 15.1. The highest BCUT2D eigenvalue weighted by atomic mass is 16.5. The molecule has 0 fully saturated rings. The summed E-state index contributed by atoms with van der Waals surface area (Å²) in [5.41, 5.74) is 2.38. The summed E-state index contributed by atoms with van der Waals surface area (Å²) < 4.78 is 14.2. The number of aryl methyl sites for hydroxylation is 1. The smallest absolute Gasteiger partial charge is 0.247 e. The molecule has 2 heterocycles. The summed E-state index contributed by atoms with van der Waals surface area (Å²) >= 11 is 0. The van der Waals surface area contributed by atoms with Crippen LogP contribution in [-0.4, -0.2) is 39.7 Å². The van der Waals surface area contributed by atoms with Crippen molar-refractivity contribution in [3.63, 3.8) is 0 Å². The Morgan fingerprint density at radius 3 is 2.66 bits per heavy atom. The van der Waals surface area contributed by atoms with Crippen LogP contribution in [0.25, 0.3) is 22.2 Å². The summed E-state index contributed by atoms with van der Waals surface area (Å²) in [7, 11) is 5.00. The first-order chi connectivity index (χ1) is 14.1. The largest absolute Gasteiger partial charge is 0.497 e. The average molecular weight is 391 g/mol. The minimum Gasteiger partial charge on any atom is -0.497 e. The van der Waals surface area contributed by atoms with Crippen molar-refractivity contribution in [3.05, 3.63) is 54.7 Å². The van der Waals surface area contributed by atoms with Gasteiger partial charge in [0.25, 0.3) is 0 Å². The summed E-state index contributed by atoms with van der Waals surface area (Å²) in [5, 5.41) is 12.6. The predicted molar refractivity (Wildman–Crippen MR) is 110 cm³/mol. The zero-order valence-corrected chi connectivity index (χ0v) is 16.4. The fraction of sp³-hybridized carbons (Fsp3) is 0.190. The van der Waals surface area contributed by atoms with E-state index in [-0.39, 0.29) is 12.5 Å². The normalized spacial score (nSPS) is 10.9. The van der Waals surface area contributed by atoms with E-state index in [2.05, 4.69) is 10.4 Å². The molecule has 4 aromatic rings. The second kappa shape index (κ2) is 7.67.